The molecule has 0 bridgehead atoms. The number of carbonyl (C=O) groups is 2. The van der Waals surface area contributed by atoms with Crippen LogP contribution in [-0.4, -0.2) is 25.5 Å². The Labute approximate surface area is 167 Å². The molecule has 0 aliphatic rings. The summed E-state index contributed by atoms with van der Waals surface area (Å²) in [5.74, 6) is -0.765. The molecule has 3 rings (SSSR count). The van der Waals surface area contributed by atoms with Crippen molar-refractivity contribution in [2.24, 2.45) is 0 Å². The molecule has 0 saturated heterocycles. The fourth-order valence-corrected chi connectivity index (χ4v) is 2.61. The molecule has 0 saturated carbocycles. The highest BCUT2D eigenvalue weighted by Crippen LogP contribution is 2.25. The maximum Gasteiger partial charge on any atom is 0.262 e. The van der Waals surface area contributed by atoms with Crippen molar-refractivity contribution in [2.45, 2.75) is 0 Å². The summed E-state index contributed by atoms with van der Waals surface area (Å²) in [6.07, 6.45) is 0. The summed E-state index contributed by atoms with van der Waals surface area (Å²) >= 11 is 0. The van der Waals surface area contributed by atoms with Gasteiger partial charge in [0.1, 0.15) is 17.3 Å². The standard InChI is InChI=1S/C22H19FN2O4/c1-28-20-13-7-5-11-18(20)25-22(27)15-8-2-6-12-19(15)29-14-21(26)24-17-10-4-3-9-16(17)23/h2-13H,14H2,1H3,(H,24,26)(H,25,27). The number of hydrogen-bond acceptors (Lipinski definition) is 4. The summed E-state index contributed by atoms with van der Waals surface area (Å²) in [7, 11) is 1.51. The van der Waals surface area contributed by atoms with E-state index in [-0.39, 0.29) is 23.6 Å². The number of rotatable bonds is 7. The largest absolute Gasteiger partial charge is 0.495 e. The number of anilines is 2. The van der Waals surface area contributed by atoms with E-state index in [0.29, 0.717) is 11.4 Å². The van der Waals surface area contributed by atoms with Crippen molar-refractivity contribution in [1.82, 2.24) is 0 Å². The van der Waals surface area contributed by atoms with Gasteiger partial charge in [0.25, 0.3) is 11.8 Å². The molecule has 0 aliphatic heterocycles. The molecular weight excluding hydrogens is 375 g/mol. The quantitative estimate of drug-likeness (QED) is 0.632. The molecule has 0 atom stereocenters. The fraction of sp³-hybridized carbons (Fsp3) is 0.0909. The zero-order chi connectivity index (χ0) is 20.6. The lowest BCUT2D eigenvalue weighted by atomic mass is 10.1. The first-order valence-corrected chi connectivity index (χ1v) is 8.79. The highest BCUT2D eigenvalue weighted by Gasteiger charge is 2.15. The van der Waals surface area contributed by atoms with Crippen LogP contribution in [0.1, 0.15) is 10.4 Å². The van der Waals surface area contributed by atoms with Crippen LogP contribution in [0, 0.1) is 5.82 Å². The Morgan fingerprint density at radius 2 is 1.45 bits per heavy atom. The van der Waals surface area contributed by atoms with Crippen LogP contribution in [0.4, 0.5) is 15.8 Å². The third-order valence-electron chi connectivity index (χ3n) is 3.99. The molecule has 6 nitrogen and oxygen atoms in total. The van der Waals surface area contributed by atoms with Gasteiger partial charge in [-0.05, 0) is 36.4 Å². The lowest BCUT2D eigenvalue weighted by Gasteiger charge is -2.13. The number of amides is 2. The molecule has 2 amide bonds. The van der Waals surface area contributed by atoms with E-state index < -0.39 is 17.6 Å². The van der Waals surface area contributed by atoms with Crippen molar-refractivity contribution in [2.75, 3.05) is 24.4 Å². The second-order valence-electron chi connectivity index (χ2n) is 5.97. The van der Waals surface area contributed by atoms with Crippen LogP contribution in [-0.2, 0) is 4.79 Å². The maximum atomic E-state index is 13.6. The van der Waals surface area contributed by atoms with E-state index in [9.17, 15) is 14.0 Å². The maximum absolute atomic E-state index is 13.6. The Morgan fingerprint density at radius 3 is 2.17 bits per heavy atom. The van der Waals surface area contributed by atoms with E-state index in [1.165, 1.54) is 25.3 Å². The smallest absolute Gasteiger partial charge is 0.262 e. The van der Waals surface area contributed by atoms with Crippen LogP contribution in [0.2, 0.25) is 0 Å². The highest BCUT2D eigenvalue weighted by atomic mass is 19.1. The molecule has 2 N–H and O–H groups in total. The van der Waals surface area contributed by atoms with Gasteiger partial charge in [0.05, 0.1) is 24.0 Å². The average Bonchev–Trinajstić information content (AvgIpc) is 2.74. The third kappa shape index (κ3) is 5.10. The number of benzene rings is 3. The molecule has 3 aromatic carbocycles. The van der Waals surface area contributed by atoms with Crippen molar-refractivity contribution >= 4 is 23.2 Å². The van der Waals surface area contributed by atoms with Gasteiger partial charge >= 0.3 is 0 Å². The summed E-state index contributed by atoms with van der Waals surface area (Å²) in [6, 6.07) is 19.3. The minimum atomic E-state index is -0.546. The van der Waals surface area contributed by atoms with Crippen LogP contribution in [0.15, 0.2) is 72.8 Å². The number of ether oxygens (including phenoxy) is 2. The van der Waals surface area contributed by atoms with Gasteiger partial charge in [-0.25, -0.2) is 4.39 Å². The van der Waals surface area contributed by atoms with Crippen LogP contribution in [0.3, 0.4) is 0 Å². The van der Waals surface area contributed by atoms with Gasteiger partial charge in [-0.1, -0.05) is 36.4 Å². The number of nitrogens with one attached hydrogen (secondary N) is 2. The molecule has 148 valence electrons. The van der Waals surface area contributed by atoms with Gasteiger partial charge < -0.3 is 20.1 Å². The Bertz CT molecular complexity index is 1020. The minimum Gasteiger partial charge on any atom is -0.495 e. The molecule has 3 aromatic rings. The number of hydrogen-bond donors (Lipinski definition) is 2. The van der Waals surface area contributed by atoms with Crippen molar-refractivity contribution < 1.29 is 23.5 Å². The zero-order valence-electron chi connectivity index (χ0n) is 15.6. The van der Waals surface area contributed by atoms with Gasteiger partial charge in [0, 0.05) is 0 Å². The first-order valence-electron chi connectivity index (χ1n) is 8.79. The lowest BCUT2D eigenvalue weighted by Crippen LogP contribution is -2.22. The number of methoxy groups -OCH3 is 1. The van der Waals surface area contributed by atoms with E-state index in [4.69, 9.17) is 9.47 Å². The van der Waals surface area contributed by atoms with Gasteiger partial charge in [-0.15, -0.1) is 0 Å². The minimum absolute atomic E-state index is 0.0586. The SMILES string of the molecule is COc1ccccc1NC(=O)c1ccccc1OCC(=O)Nc1ccccc1F. The summed E-state index contributed by atoms with van der Waals surface area (Å²) < 4.78 is 24.4. The molecule has 0 aliphatic carbocycles. The van der Waals surface area contributed by atoms with Crippen molar-refractivity contribution in [3.05, 3.63) is 84.2 Å². The van der Waals surface area contributed by atoms with E-state index in [1.807, 2.05) is 0 Å². The highest BCUT2D eigenvalue weighted by molar-refractivity contribution is 6.07. The van der Waals surface area contributed by atoms with E-state index >= 15 is 0 Å². The third-order valence-corrected chi connectivity index (χ3v) is 3.99. The molecule has 0 fully saturated rings. The molecule has 0 unspecified atom stereocenters. The Balaban J connectivity index is 1.68. The molecule has 0 spiro atoms. The predicted molar refractivity (Wildman–Crippen MR) is 108 cm³/mol. The lowest BCUT2D eigenvalue weighted by molar-refractivity contribution is -0.118. The number of halogens is 1. The summed E-state index contributed by atoms with van der Waals surface area (Å²) in [6.45, 7) is -0.382. The first-order chi connectivity index (χ1) is 14.1. The molecule has 0 aromatic heterocycles. The summed E-state index contributed by atoms with van der Waals surface area (Å²) in [4.78, 5) is 24.8. The van der Waals surface area contributed by atoms with Gasteiger partial charge in [0.2, 0.25) is 0 Å². The molecule has 0 heterocycles. The molecular formula is C22H19FN2O4. The van der Waals surface area contributed by atoms with Crippen LogP contribution >= 0.6 is 0 Å². The van der Waals surface area contributed by atoms with Gasteiger partial charge in [-0.3, -0.25) is 9.59 Å². The summed E-state index contributed by atoms with van der Waals surface area (Å²) in [5.41, 5.74) is 0.812. The number of para-hydroxylation sites is 4. The normalized spacial score (nSPS) is 10.1. The van der Waals surface area contributed by atoms with Gasteiger partial charge in [-0.2, -0.15) is 0 Å². The zero-order valence-corrected chi connectivity index (χ0v) is 15.6. The Kier molecular flexibility index (Phi) is 6.42. The van der Waals surface area contributed by atoms with Crippen LogP contribution in [0.5, 0.6) is 11.5 Å². The van der Waals surface area contributed by atoms with Gasteiger partial charge in [0.15, 0.2) is 6.61 Å². The van der Waals surface area contributed by atoms with Crippen molar-refractivity contribution in [1.29, 1.82) is 0 Å². The van der Waals surface area contributed by atoms with Crippen molar-refractivity contribution in [3.63, 3.8) is 0 Å². The number of carbonyl (C=O) groups excluding carboxylic acids is 2. The monoisotopic (exact) mass is 394 g/mol. The van der Waals surface area contributed by atoms with Crippen LogP contribution in [0.25, 0.3) is 0 Å². The topological polar surface area (TPSA) is 76.7 Å². The summed E-state index contributed by atoms with van der Waals surface area (Å²) in [5, 5.41) is 5.19. The van der Waals surface area contributed by atoms with E-state index in [0.717, 1.165) is 0 Å². The molecule has 0 radical (unpaired) electrons. The van der Waals surface area contributed by atoms with E-state index in [2.05, 4.69) is 10.6 Å². The molecule has 7 heteroatoms. The first kappa shape index (κ1) is 19.9. The molecule has 29 heavy (non-hydrogen) atoms. The van der Waals surface area contributed by atoms with Crippen molar-refractivity contribution in [3.8, 4) is 11.5 Å². The second kappa shape index (κ2) is 9.36. The van der Waals surface area contributed by atoms with Crippen LogP contribution < -0.4 is 20.1 Å². The van der Waals surface area contributed by atoms with E-state index in [1.54, 1.807) is 54.6 Å². The Morgan fingerprint density at radius 1 is 0.828 bits per heavy atom. The average molecular weight is 394 g/mol. The Hall–Kier alpha value is -3.87. The fourth-order valence-electron chi connectivity index (χ4n) is 2.61. The second-order valence-corrected chi connectivity index (χ2v) is 5.97. The predicted octanol–water partition coefficient (Wildman–Crippen LogP) is 4.10.